The number of nitrogens with one attached hydrogen (secondary N) is 1. The number of piperidine rings is 1. The van der Waals surface area contributed by atoms with E-state index < -0.39 is 0 Å². The molecule has 2 rings (SSSR count). The van der Waals surface area contributed by atoms with Gasteiger partial charge in [0.2, 0.25) is 5.91 Å². The van der Waals surface area contributed by atoms with E-state index in [2.05, 4.69) is 41.4 Å². The number of nitrogens with zero attached hydrogens (tertiary/aromatic N) is 1. The van der Waals surface area contributed by atoms with Crippen LogP contribution in [-0.4, -0.2) is 43.2 Å². The predicted molar refractivity (Wildman–Crippen MR) is 102 cm³/mol. The number of carbonyl (C=O) groups excluding carboxylic acids is 1. The number of hydrogen-bond donors (Lipinski definition) is 1. The summed E-state index contributed by atoms with van der Waals surface area (Å²) in [6.45, 7) is 5.07. The Labute approximate surface area is 151 Å². The van der Waals surface area contributed by atoms with Crippen molar-refractivity contribution >= 4 is 30.1 Å². The normalized spacial score (nSPS) is 15.3. The van der Waals surface area contributed by atoms with Gasteiger partial charge in [-0.05, 0) is 51.3 Å². The molecule has 1 aliphatic heterocycles. The van der Waals surface area contributed by atoms with Gasteiger partial charge in [0.05, 0.1) is 5.75 Å². The quantitative estimate of drug-likeness (QED) is 0.811. The summed E-state index contributed by atoms with van der Waals surface area (Å²) in [6.07, 6.45) is 3.56. The molecule has 1 aliphatic rings. The van der Waals surface area contributed by atoms with Gasteiger partial charge >= 0.3 is 0 Å². The van der Waals surface area contributed by atoms with Crippen LogP contribution in [0.15, 0.2) is 24.3 Å². The number of amides is 1. The van der Waals surface area contributed by atoms with Crippen molar-refractivity contribution in [2.24, 2.45) is 5.92 Å². The van der Waals surface area contributed by atoms with Gasteiger partial charge < -0.3 is 10.2 Å². The molecule has 5 heteroatoms. The Kier molecular flexibility index (Phi) is 9.68. The van der Waals surface area contributed by atoms with E-state index in [1.165, 1.54) is 17.5 Å². The summed E-state index contributed by atoms with van der Waals surface area (Å²) in [7, 11) is 2.00. The van der Waals surface area contributed by atoms with Crippen molar-refractivity contribution < 1.29 is 4.79 Å². The van der Waals surface area contributed by atoms with Gasteiger partial charge in [0.15, 0.2) is 0 Å². The van der Waals surface area contributed by atoms with Gasteiger partial charge in [-0.3, -0.25) is 4.79 Å². The van der Waals surface area contributed by atoms with E-state index in [0.717, 1.165) is 44.1 Å². The van der Waals surface area contributed by atoms with Gasteiger partial charge in [0, 0.05) is 18.8 Å². The van der Waals surface area contributed by atoms with Crippen LogP contribution in [0.5, 0.6) is 0 Å². The molecule has 0 spiro atoms. The highest BCUT2D eigenvalue weighted by Crippen LogP contribution is 2.21. The maximum atomic E-state index is 12.3. The van der Waals surface area contributed by atoms with Crippen molar-refractivity contribution in [1.29, 1.82) is 0 Å². The summed E-state index contributed by atoms with van der Waals surface area (Å²) in [5, 5.41) is 3.21. The number of benzene rings is 1. The molecule has 23 heavy (non-hydrogen) atoms. The van der Waals surface area contributed by atoms with Crippen LogP contribution in [0.1, 0.15) is 30.4 Å². The first-order chi connectivity index (χ1) is 10.7. The first-order valence-corrected chi connectivity index (χ1v) is 9.40. The number of rotatable bonds is 7. The number of aryl methyl sites for hydroxylation is 1. The average Bonchev–Trinajstić information content (AvgIpc) is 2.55. The molecular formula is C18H29ClN2OS. The second-order valence-electron chi connectivity index (χ2n) is 6.19. The summed E-state index contributed by atoms with van der Waals surface area (Å²) >= 11 is 1.73. The third-order valence-corrected chi connectivity index (χ3v) is 5.37. The van der Waals surface area contributed by atoms with Crippen molar-refractivity contribution in [3.63, 3.8) is 0 Å². The number of thioether (sulfide) groups is 1. The first-order valence-electron chi connectivity index (χ1n) is 8.24. The molecule has 0 aliphatic carbocycles. The third kappa shape index (κ3) is 7.15. The SMILES string of the molecule is CNCCC1CCN(C(=O)CSCc2ccc(C)cc2)CC1.Cl. The van der Waals surface area contributed by atoms with Crippen LogP contribution in [0, 0.1) is 12.8 Å². The number of carbonyl (C=O) groups is 1. The van der Waals surface area contributed by atoms with Crippen LogP contribution >= 0.6 is 24.2 Å². The van der Waals surface area contributed by atoms with E-state index in [4.69, 9.17) is 0 Å². The molecule has 0 bridgehead atoms. The second kappa shape index (κ2) is 11.0. The predicted octanol–water partition coefficient (Wildman–Crippen LogP) is 3.50. The van der Waals surface area contributed by atoms with Crippen LogP contribution in [0.4, 0.5) is 0 Å². The first kappa shape index (κ1) is 20.3. The average molecular weight is 357 g/mol. The minimum atomic E-state index is 0. The number of likely N-dealkylation sites (tertiary alicyclic amines) is 1. The van der Waals surface area contributed by atoms with Crippen molar-refractivity contribution in [2.45, 2.75) is 31.9 Å². The maximum Gasteiger partial charge on any atom is 0.232 e. The summed E-state index contributed by atoms with van der Waals surface area (Å²) in [4.78, 5) is 14.3. The van der Waals surface area contributed by atoms with E-state index >= 15 is 0 Å². The lowest BCUT2D eigenvalue weighted by Crippen LogP contribution is -2.39. The Bertz CT molecular complexity index is 459. The zero-order valence-electron chi connectivity index (χ0n) is 14.2. The molecule has 1 amide bonds. The molecule has 0 saturated carbocycles. The van der Waals surface area contributed by atoms with Crippen molar-refractivity contribution in [1.82, 2.24) is 10.2 Å². The minimum Gasteiger partial charge on any atom is -0.342 e. The monoisotopic (exact) mass is 356 g/mol. The zero-order chi connectivity index (χ0) is 15.8. The zero-order valence-corrected chi connectivity index (χ0v) is 15.8. The van der Waals surface area contributed by atoms with Gasteiger partial charge in [-0.1, -0.05) is 29.8 Å². The largest absolute Gasteiger partial charge is 0.342 e. The fraction of sp³-hybridized carbons (Fsp3) is 0.611. The molecule has 1 aromatic rings. The molecule has 0 unspecified atom stereocenters. The molecule has 3 nitrogen and oxygen atoms in total. The lowest BCUT2D eigenvalue weighted by atomic mass is 9.93. The Morgan fingerprint density at radius 3 is 2.52 bits per heavy atom. The molecule has 0 atom stereocenters. The molecule has 1 heterocycles. The third-order valence-electron chi connectivity index (χ3n) is 4.38. The van der Waals surface area contributed by atoms with Crippen molar-refractivity contribution in [2.75, 3.05) is 32.4 Å². The smallest absolute Gasteiger partial charge is 0.232 e. The Morgan fingerprint density at radius 1 is 1.26 bits per heavy atom. The molecule has 130 valence electrons. The highest BCUT2D eigenvalue weighted by molar-refractivity contribution is 7.99. The van der Waals surface area contributed by atoms with E-state index in [-0.39, 0.29) is 12.4 Å². The molecule has 0 aromatic heterocycles. The number of hydrogen-bond acceptors (Lipinski definition) is 3. The van der Waals surface area contributed by atoms with Crippen LogP contribution in [-0.2, 0) is 10.5 Å². The van der Waals surface area contributed by atoms with Gasteiger partial charge in [-0.25, -0.2) is 0 Å². The maximum absolute atomic E-state index is 12.3. The summed E-state index contributed by atoms with van der Waals surface area (Å²) < 4.78 is 0. The molecule has 1 N–H and O–H groups in total. The van der Waals surface area contributed by atoms with Crippen LogP contribution in [0.3, 0.4) is 0 Å². The van der Waals surface area contributed by atoms with Gasteiger partial charge in [0.25, 0.3) is 0 Å². The lowest BCUT2D eigenvalue weighted by molar-refractivity contribution is -0.129. The van der Waals surface area contributed by atoms with Crippen LogP contribution in [0.2, 0.25) is 0 Å². The van der Waals surface area contributed by atoms with E-state index in [9.17, 15) is 4.79 Å². The van der Waals surface area contributed by atoms with Crippen molar-refractivity contribution in [3.05, 3.63) is 35.4 Å². The topological polar surface area (TPSA) is 32.3 Å². The molecular weight excluding hydrogens is 328 g/mol. The molecule has 1 aromatic carbocycles. The van der Waals surface area contributed by atoms with Gasteiger partial charge in [-0.15, -0.1) is 24.2 Å². The van der Waals surface area contributed by atoms with Crippen LogP contribution < -0.4 is 5.32 Å². The lowest BCUT2D eigenvalue weighted by Gasteiger charge is -2.32. The van der Waals surface area contributed by atoms with E-state index in [1.807, 2.05) is 7.05 Å². The highest BCUT2D eigenvalue weighted by Gasteiger charge is 2.22. The number of halogens is 1. The Balaban J connectivity index is 0.00000264. The fourth-order valence-electron chi connectivity index (χ4n) is 2.85. The summed E-state index contributed by atoms with van der Waals surface area (Å²) in [5.41, 5.74) is 2.58. The van der Waals surface area contributed by atoms with Crippen molar-refractivity contribution in [3.8, 4) is 0 Å². The Morgan fingerprint density at radius 2 is 1.91 bits per heavy atom. The standard InChI is InChI=1S/C18H28N2OS.ClH/c1-15-3-5-17(6-4-15)13-22-14-18(21)20-11-8-16(9-12-20)7-10-19-2;/h3-6,16,19H,7-14H2,1-2H3;1H. The summed E-state index contributed by atoms with van der Waals surface area (Å²) in [6, 6.07) is 8.57. The van der Waals surface area contributed by atoms with E-state index in [1.54, 1.807) is 11.8 Å². The van der Waals surface area contributed by atoms with Crippen LogP contribution in [0.25, 0.3) is 0 Å². The highest BCUT2D eigenvalue weighted by atomic mass is 35.5. The fourth-order valence-corrected chi connectivity index (χ4v) is 3.74. The minimum absolute atomic E-state index is 0. The molecule has 1 saturated heterocycles. The summed E-state index contributed by atoms with van der Waals surface area (Å²) in [5.74, 6) is 2.63. The van der Waals surface area contributed by atoms with Gasteiger partial charge in [-0.2, -0.15) is 0 Å². The molecule has 1 fully saturated rings. The second-order valence-corrected chi connectivity index (χ2v) is 7.18. The molecule has 0 radical (unpaired) electrons. The van der Waals surface area contributed by atoms with E-state index in [0.29, 0.717) is 11.7 Å². The van der Waals surface area contributed by atoms with Gasteiger partial charge in [0.1, 0.15) is 0 Å². The Hall–Kier alpha value is -0.710.